The second kappa shape index (κ2) is 11.7. The van der Waals surface area contributed by atoms with Crippen LogP contribution in [0.25, 0.3) is 27.8 Å². The molecule has 50 heavy (non-hydrogen) atoms. The molecule has 10 rings (SSSR count). The van der Waals surface area contributed by atoms with Gasteiger partial charge in [0.25, 0.3) is 0 Å². The topological polar surface area (TPSA) is 3.24 Å². The number of allylic oxidation sites excluding steroid dienone is 11. The smallest absolute Gasteiger partial charge is 0.0689 e. The Labute approximate surface area is 295 Å². The first-order chi connectivity index (χ1) is 24.8. The highest BCUT2D eigenvalue weighted by Gasteiger charge is 2.53. The normalized spacial score (nSPS) is 21.0. The number of hydrogen-bond acceptors (Lipinski definition) is 1. The standard InChI is InChI=1S/C49H39N/c1-3-14-34(15-4-1)36-26-30-38(31-27-36)50(39-32-28-37(29-33-39)35-16-5-2-6-17-35)47-25-13-24-46-48(47)42-20-9-12-23-45(42)49(46)43-21-10-7-18-40(43)41-19-8-11-22-44(41)49/h1,3-5,7-10,12-21,23-28,30-33,37H,2,6,11,22,29H2. The summed E-state index contributed by atoms with van der Waals surface area (Å²) in [6.45, 7) is 0. The van der Waals surface area contributed by atoms with Gasteiger partial charge >= 0.3 is 0 Å². The van der Waals surface area contributed by atoms with Crippen molar-refractivity contribution in [2.45, 2.75) is 37.5 Å². The average molecular weight is 642 g/mol. The van der Waals surface area contributed by atoms with Gasteiger partial charge in [-0.15, -0.1) is 0 Å². The highest BCUT2D eigenvalue weighted by molar-refractivity contribution is 6.01. The van der Waals surface area contributed by atoms with Crippen molar-refractivity contribution in [3.05, 3.63) is 209 Å². The van der Waals surface area contributed by atoms with Crippen molar-refractivity contribution in [2.75, 3.05) is 4.90 Å². The zero-order valence-electron chi connectivity index (χ0n) is 28.2. The second-order valence-corrected chi connectivity index (χ2v) is 14.1. The Hall–Kier alpha value is -5.66. The molecular formula is C49H39N. The predicted molar refractivity (Wildman–Crippen MR) is 209 cm³/mol. The molecule has 5 aliphatic rings. The lowest BCUT2D eigenvalue weighted by atomic mass is 9.68. The minimum Gasteiger partial charge on any atom is -0.310 e. The lowest BCUT2D eigenvalue weighted by Gasteiger charge is -2.34. The molecule has 1 heteroatoms. The van der Waals surface area contributed by atoms with Crippen molar-refractivity contribution in [1.29, 1.82) is 0 Å². The van der Waals surface area contributed by atoms with Crippen molar-refractivity contribution in [3.8, 4) is 22.3 Å². The Morgan fingerprint density at radius 1 is 0.560 bits per heavy atom. The van der Waals surface area contributed by atoms with Gasteiger partial charge in [0.05, 0.1) is 11.1 Å². The summed E-state index contributed by atoms with van der Waals surface area (Å²) in [4.78, 5) is 2.53. The van der Waals surface area contributed by atoms with Crippen LogP contribution in [-0.2, 0) is 5.41 Å². The SMILES string of the molecule is C1=CC(C2C=CC(N(c3ccc(-c4ccccc4)cc3)c3cccc4c3-c3ccccc3C43C4=C(C=CCC4)c4ccccc43)=CC2)=CCC1. The van der Waals surface area contributed by atoms with E-state index in [0.29, 0.717) is 5.92 Å². The van der Waals surface area contributed by atoms with Crippen LogP contribution in [0.1, 0.15) is 54.4 Å². The zero-order valence-corrected chi connectivity index (χ0v) is 28.2. The number of fused-ring (bicyclic) bond motifs is 9. The largest absolute Gasteiger partial charge is 0.310 e. The molecule has 5 aromatic carbocycles. The molecule has 2 atom stereocenters. The summed E-state index contributed by atoms with van der Waals surface area (Å²) >= 11 is 0. The molecule has 1 spiro atoms. The van der Waals surface area contributed by atoms with Crippen molar-refractivity contribution >= 4 is 16.9 Å². The van der Waals surface area contributed by atoms with Crippen LogP contribution >= 0.6 is 0 Å². The fourth-order valence-corrected chi connectivity index (χ4v) is 9.42. The van der Waals surface area contributed by atoms with Gasteiger partial charge in [-0.05, 0) is 112 Å². The van der Waals surface area contributed by atoms with Gasteiger partial charge < -0.3 is 4.90 Å². The van der Waals surface area contributed by atoms with E-state index in [4.69, 9.17) is 0 Å². The zero-order chi connectivity index (χ0) is 33.1. The molecule has 1 nitrogen and oxygen atoms in total. The minimum atomic E-state index is -0.289. The van der Waals surface area contributed by atoms with Crippen LogP contribution in [0.3, 0.4) is 0 Å². The van der Waals surface area contributed by atoms with Crippen molar-refractivity contribution in [1.82, 2.24) is 0 Å². The van der Waals surface area contributed by atoms with Crippen LogP contribution < -0.4 is 4.90 Å². The summed E-state index contributed by atoms with van der Waals surface area (Å²) in [5, 5.41) is 0. The lowest BCUT2D eigenvalue weighted by molar-refractivity contribution is 0.714. The van der Waals surface area contributed by atoms with E-state index in [9.17, 15) is 0 Å². The maximum absolute atomic E-state index is 2.53. The minimum absolute atomic E-state index is 0.289. The molecular weight excluding hydrogens is 603 g/mol. The quantitative estimate of drug-likeness (QED) is 0.185. The van der Waals surface area contributed by atoms with Crippen LogP contribution in [0.15, 0.2) is 187 Å². The lowest BCUT2D eigenvalue weighted by Crippen LogP contribution is -2.28. The van der Waals surface area contributed by atoms with Gasteiger partial charge in [0.15, 0.2) is 0 Å². The van der Waals surface area contributed by atoms with E-state index < -0.39 is 0 Å². The molecule has 0 saturated heterocycles. The molecule has 0 saturated carbocycles. The first kappa shape index (κ1) is 29.3. The first-order valence-electron chi connectivity index (χ1n) is 18.3. The summed E-state index contributed by atoms with van der Waals surface area (Å²) in [6, 6.07) is 45.4. The summed E-state index contributed by atoms with van der Waals surface area (Å²) in [5.74, 6) is 0.419. The molecule has 0 N–H and O–H groups in total. The maximum Gasteiger partial charge on any atom is 0.0689 e. The molecule has 0 heterocycles. The molecule has 2 unspecified atom stereocenters. The number of nitrogens with zero attached hydrogens (tertiary/aromatic N) is 1. The van der Waals surface area contributed by atoms with Crippen LogP contribution in [0.4, 0.5) is 11.4 Å². The number of hydrogen-bond donors (Lipinski definition) is 0. The Bertz CT molecular complexity index is 2340. The number of rotatable bonds is 5. The number of anilines is 2. The van der Waals surface area contributed by atoms with Crippen LogP contribution in [0, 0.1) is 5.92 Å². The van der Waals surface area contributed by atoms with Crippen molar-refractivity contribution in [3.63, 3.8) is 0 Å². The fourth-order valence-electron chi connectivity index (χ4n) is 9.42. The molecule has 0 bridgehead atoms. The molecule has 0 radical (unpaired) electrons. The fraction of sp³-hybridized carbons (Fsp3) is 0.143. The van der Waals surface area contributed by atoms with Crippen molar-refractivity contribution in [2.24, 2.45) is 5.92 Å². The van der Waals surface area contributed by atoms with E-state index in [-0.39, 0.29) is 5.41 Å². The molecule has 0 aliphatic heterocycles. The third-order valence-corrected chi connectivity index (χ3v) is 11.6. The van der Waals surface area contributed by atoms with Gasteiger partial charge in [-0.25, -0.2) is 0 Å². The van der Waals surface area contributed by atoms with E-state index >= 15 is 0 Å². The Kier molecular flexibility index (Phi) is 6.88. The maximum atomic E-state index is 2.53. The third-order valence-electron chi connectivity index (χ3n) is 11.6. The first-order valence-corrected chi connectivity index (χ1v) is 18.3. The van der Waals surface area contributed by atoms with Gasteiger partial charge in [-0.1, -0.05) is 146 Å². The Morgan fingerprint density at radius 2 is 1.28 bits per heavy atom. The van der Waals surface area contributed by atoms with Gasteiger partial charge in [0.1, 0.15) is 0 Å². The predicted octanol–water partition coefficient (Wildman–Crippen LogP) is 12.7. The summed E-state index contributed by atoms with van der Waals surface area (Å²) in [7, 11) is 0. The van der Waals surface area contributed by atoms with E-state index in [1.54, 1.807) is 5.57 Å². The van der Waals surface area contributed by atoms with E-state index in [2.05, 4.69) is 175 Å². The monoisotopic (exact) mass is 641 g/mol. The number of benzene rings is 5. The molecule has 5 aliphatic carbocycles. The van der Waals surface area contributed by atoms with Crippen LogP contribution in [0.2, 0.25) is 0 Å². The molecule has 240 valence electrons. The summed E-state index contributed by atoms with van der Waals surface area (Å²) in [5.41, 5.74) is 18.6. The highest BCUT2D eigenvalue weighted by atomic mass is 15.1. The molecule has 0 amide bonds. The summed E-state index contributed by atoms with van der Waals surface area (Å²) < 4.78 is 0. The van der Waals surface area contributed by atoms with E-state index in [1.165, 1.54) is 72.7 Å². The van der Waals surface area contributed by atoms with Crippen LogP contribution in [-0.4, -0.2) is 0 Å². The third kappa shape index (κ3) is 4.33. The highest BCUT2D eigenvalue weighted by Crippen LogP contribution is 2.65. The van der Waals surface area contributed by atoms with Gasteiger partial charge in [0, 0.05) is 22.9 Å². The van der Waals surface area contributed by atoms with Gasteiger partial charge in [-0.2, -0.15) is 0 Å². The van der Waals surface area contributed by atoms with E-state index in [0.717, 1.165) is 32.1 Å². The average Bonchev–Trinajstić information content (AvgIpc) is 3.67. The van der Waals surface area contributed by atoms with Gasteiger partial charge in [0.2, 0.25) is 0 Å². The Morgan fingerprint density at radius 3 is 2.06 bits per heavy atom. The molecule has 0 aromatic heterocycles. The molecule has 0 fully saturated rings. The van der Waals surface area contributed by atoms with Crippen LogP contribution in [0.5, 0.6) is 0 Å². The second-order valence-electron chi connectivity index (χ2n) is 14.1. The van der Waals surface area contributed by atoms with Gasteiger partial charge in [-0.3, -0.25) is 0 Å². The Balaban J connectivity index is 1.18. The molecule has 5 aromatic rings. The van der Waals surface area contributed by atoms with Crippen molar-refractivity contribution < 1.29 is 0 Å². The van der Waals surface area contributed by atoms with E-state index in [1.807, 2.05) is 0 Å². The summed E-state index contributed by atoms with van der Waals surface area (Å²) in [6.07, 6.45) is 24.5.